The number of hydrogen-bond donors (Lipinski definition) is 2. The first kappa shape index (κ1) is 16.8. The van der Waals surface area contributed by atoms with Gasteiger partial charge in [0.05, 0.1) is 7.11 Å². The average Bonchev–Trinajstić information content (AvgIpc) is 2.53. The predicted octanol–water partition coefficient (Wildman–Crippen LogP) is 2.56. The molecule has 0 aromatic heterocycles. The molecular weight excluding hydrogens is 318 g/mol. The number of phenols is 1. The number of benzene rings is 2. The van der Waals surface area contributed by atoms with Gasteiger partial charge in [-0.05, 0) is 35.9 Å². The molecule has 0 spiro atoms. The van der Waals surface area contributed by atoms with Crippen molar-refractivity contribution in [3.05, 3.63) is 64.7 Å². The Hall–Kier alpha value is -2.53. The van der Waals surface area contributed by atoms with Crippen LogP contribution in [0.25, 0.3) is 0 Å². The Morgan fingerprint density at radius 3 is 2.61 bits per heavy atom. The van der Waals surface area contributed by atoms with Gasteiger partial charge in [0.2, 0.25) is 0 Å². The molecule has 0 saturated heterocycles. The topological polar surface area (TPSA) is 75.6 Å². The maximum atomic E-state index is 12.2. The Balaban J connectivity index is 2.15. The van der Waals surface area contributed by atoms with Crippen LogP contribution in [0, 0.1) is 0 Å². The van der Waals surface area contributed by atoms with E-state index in [4.69, 9.17) is 16.3 Å². The fourth-order valence-corrected chi connectivity index (χ4v) is 2.34. The van der Waals surface area contributed by atoms with Gasteiger partial charge in [0.25, 0.3) is 5.91 Å². The van der Waals surface area contributed by atoms with Gasteiger partial charge in [-0.25, -0.2) is 4.79 Å². The zero-order valence-electron chi connectivity index (χ0n) is 12.5. The molecule has 6 heteroatoms. The smallest absolute Gasteiger partial charge is 0.328 e. The van der Waals surface area contributed by atoms with Crippen molar-refractivity contribution in [2.45, 2.75) is 12.5 Å². The van der Waals surface area contributed by atoms with Crippen LogP contribution in [0.1, 0.15) is 15.9 Å². The van der Waals surface area contributed by atoms with E-state index in [0.29, 0.717) is 5.02 Å². The Bertz CT molecular complexity index is 717. The lowest BCUT2D eigenvalue weighted by molar-refractivity contribution is -0.142. The van der Waals surface area contributed by atoms with Crippen molar-refractivity contribution >= 4 is 23.5 Å². The lowest BCUT2D eigenvalue weighted by Gasteiger charge is -2.17. The molecule has 2 aromatic rings. The van der Waals surface area contributed by atoms with Crippen LogP contribution < -0.4 is 5.32 Å². The molecule has 0 aliphatic heterocycles. The van der Waals surface area contributed by atoms with E-state index in [0.717, 1.165) is 5.56 Å². The zero-order valence-corrected chi connectivity index (χ0v) is 13.2. The van der Waals surface area contributed by atoms with Crippen molar-refractivity contribution in [1.29, 1.82) is 0 Å². The SMILES string of the molecule is COC(=O)[C@H](Cc1cccc(Cl)c1)NC(=O)c1cccc(O)c1. The van der Waals surface area contributed by atoms with Crippen molar-refractivity contribution < 1.29 is 19.4 Å². The number of phenolic OH excluding ortho intramolecular Hbond substituents is 1. The predicted molar refractivity (Wildman–Crippen MR) is 86.5 cm³/mol. The first-order valence-corrected chi connectivity index (χ1v) is 7.29. The minimum absolute atomic E-state index is 0.0258. The van der Waals surface area contributed by atoms with Gasteiger partial charge in [-0.1, -0.05) is 29.8 Å². The van der Waals surface area contributed by atoms with Crippen molar-refractivity contribution in [3.8, 4) is 5.75 Å². The summed E-state index contributed by atoms with van der Waals surface area (Å²) in [6.07, 6.45) is 0.248. The van der Waals surface area contributed by atoms with E-state index in [9.17, 15) is 14.7 Å². The molecule has 5 nitrogen and oxygen atoms in total. The van der Waals surface area contributed by atoms with Gasteiger partial charge in [-0.15, -0.1) is 0 Å². The zero-order chi connectivity index (χ0) is 16.8. The number of carbonyl (C=O) groups is 2. The molecule has 0 radical (unpaired) electrons. The lowest BCUT2D eigenvalue weighted by atomic mass is 10.1. The fourth-order valence-electron chi connectivity index (χ4n) is 2.12. The molecule has 2 N–H and O–H groups in total. The molecule has 23 heavy (non-hydrogen) atoms. The summed E-state index contributed by atoms with van der Waals surface area (Å²) in [7, 11) is 1.26. The second-order valence-corrected chi connectivity index (χ2v) is 5.37. The van der Waals surface area contributed by atoms with Crippen LogP contribution in [0.3, 0.4) is 0 Å². The van der Waals surface area contributed by atoms with Gasteiger partial charge < -0.3 is 15.2 Å². The molecule has 0 heterocycles. The highest BCUT2D eigenvalue weighted by molar-refractivity contribution is 6.30. The van der Waals surface area contributed by atoms with Crippen molar-refractivity contribution in [1.82, 2.24) is 5.32 Å². The second kappa shape index (κ2) is 7.65. The summed E-state index contributed by atoms with van der Waals surface area (Å²) < 4.78 is 4.74. The van der Waals surface area contributed by atoms with E-state index in [1.165, 1.54) is 19.2 Å². The first-order valence-electron chi connectivity index (χ1n) is 6.92. The summed E-state index contributed by atoms with van der Waals surface area (Å²) in [6, 6.07) is 12.0. The largest absolute Gasteiger partial charge is 0.508 e. The van der Waals surface area contributed by atoms with E-state index in [-0.39, 0.29) is 17.7 Å². The monoisotopic (exact) mass is 333 g/mol. The Morgan fingerprint density at radius 1 is 1.22 bits per heavy atom. The van der Waals surface area contributed by atoms with Crippen molar-refractivity contribution in [2.24, 2.45) is 0 Å². The van der Waals surface area contributed by atoms with E-state index in [2.05, 4.69) is 5.32 Å². The summed E-state index contributed by atoms with van der Waals surface area (Å²) in [5, 5.41) is 12.6. The molecule has 0 saturated carbocycles. The molecule has 0 aliphatic rings. The summed E-state index contributed by atoms with van der Waals surface area (Å²) in [4.78, 5) is 24.1. The molecule has 0 bridgehead atoms. The molecule has 0 aliphatic carbocycles. The van der Waals surface area contributed by atoms with Crippen LogP contribution in [-0.4, -0.2) is 30.1 Å². The highest BCUT2D eigenvalue weighted by atomic mass is 35.5. The molecule has 0 unspecified atom stereocenters. The minimum Gasteiger partial charge on any atom is -0.508 e. The Morgan fingerprint density at radius 2 is 1.96 bits per heavy atom. The number of hydrogen-bond acceptors (Lipinski definition) is 4. The van der Waals surface area contributed by atoms with E-state index < -0.39 is 17.9 Å². The summed E-state index contributed by atoms with van der Waals surface area (Å²) in [6.45, 7) is 0. The second-order valence-electron chi connectivity index (χ2n) is 4.93. The van der Waals surface area contributed by atoms with Gasteiger partial charge in [0.1, 0.15) is 11.8 Å². The number of nitrogens with one attached hydrogen (secondary N) is 1. The quantitative estimate of drug-likeness (QED) is 0.825. The van der Waals surface area contributed by atoms with Crippen LogP contribution in [-0.2, 0) is 16.0 Å². The standard InChI is InChI=1S/C17H16ClNO4/c1-23-17(22)15(9-11-4-2-6-13(18)8-11)19-16(21)12-5-3-7-14(20)10-12/h2-8,10,15,20H,9H2,1H3,(H,19,21)/t15-/m0/s1. The number of esters is 1. The molecule has 120 valence electrons. The molecule has 1 atom stereocenters. The highest BCUT2D eigenvalue weighted by Crippen LogP contribution is 2.14. The molecule has 2 aromatic carbocycles. The van der Waals surface area contributed by atoms with Crippen LogP contribution in [0.5, 0.6) is 5.75 Å². The third-order valence-corrected chi connectivity index (χ3v) is 3.46. The average molecular weight is 334 g/mol. The lowest BCUT2D eigenvalue weighted by Crippen LogP contribution is -2.43. The summed E-state index contributed by atoms with van der Waals surface area (Å²) >= 11 is 5.93. The van der Waals surface area contributed by atoms with Gasteiger partial charge in [-0.2, -0.15) is 0 Å². The van der Waals surface area contributed by atoms with E-state index in [1.807, 2.05) is 6.07 Å². The minimum atomic E-state index is -0.853. The fraction of sp³-hybridized carbons (Fsp3) is 0.176. The molecule has 1 amide bonds. The van der Waals surface area contributed by atoms with Gasteiger partial charge in [0.15, 0.2) is 0 Å². The maximum absolute atomic E-state index is 12.2. The number of methoxy groups -OCH3 is 1. The van der Waals surface area contributed by atoms with Crippen molar-refractivity contribution in [2.75, 3.05) is 7.11 Å². The molecule has 0 fully saturated rings. The van der Waals surface area contributed by atoms with Crippen LogP contribution in [0.4, 0.5) is 0 Å². The number of ether oxygens (including phenoxy) is 1. The summed E-state index contributed by atoms with van der Waals surface area (Å²) in [5.74, 6) is -1.06. The van der Waals surface area contributed by atoms with Crippen LogP contribution in [0.2, 0.25) is 5.02 Å². The number of amides is 1. The van der Waals surface area contributed by atoms with Gasteiger partial charge >= 0.3 is 5.97 Å². The normalized spacial score (nSPS) is 11.6. The van der Waals surface area contributed by atoms with E-state index in [1.54, 1.807) is 30.3 Å². The molecular formula is C17H16ClNO4. The van der Waals surface area contributed by atoms with Crippen LogP contribution >= 0.6 is 11.6 Å². The number of halogens is 1. The number of carbonyl (C=O) groups excluding carboxylic acids is 2. The number of aromatic hydroxyl groups is 1. The molecule has 2 rings (SSSR count). The number of rotatable bonds is 5. The highest BCUT2D eigenvalue weighted by Gasteiger charge is 2.22. The van der Waals surface area contributed by atoms with Gasteiger partial charge in [0, 0.05) is 17.0 Å². The van der Waals surface area contributed by atoms with Crippen molar-refractivity contribution in [3.63, 3.8) is 0 Å². The van der Waals surface area contributed by atoms with E-state index >= 15 is 0 Å². The Labute approximate surface area is 138 Å². The summed E-state index contributed by atoms with van der Waals surface area (Å²) in [5.41, 5.74) is 1.05. The Kier molecular flexibility index (Phi) is 5.60. The third kappa shape index (κ3) is 4.72. The maximum Gasteiger partial charge on any atom is 0.328 e. The van der Waals surface area contributed by atoms with Crippen LogP contribution in [0.15, 0.2) is 48.5 Å². The first-order chi connectivity index (χ1) is 11.0. The third-order valence-electron chi connectivity index (χ3n) is 3.23. The van der Waals surface area contributed by atoms with Gasteiger partial charge in [-0.3, -0.25) is 4.79 Å².